The molecule has 4 heteroatoms. The molecule has 0 saturated heterocycles. The molecule has 108 valence electrons. The van der Waals surface area contributed by atoms with Crippen LogP contribution in [0.15, 0.2) is 10.9 Å². The fourth-order valence-electron chi connectivity index (χ4n) is 2.53. The molecule has 0 aromatic carbocycles. The van der Waals surface area contributed by atoms with Gasteiger partial charge in [-0.1, -0.05) is 13.8 Å². The van der Waals surface area contributed by atoms with Crippen LogP contribution in [-0.4, -0.2) is 27.7 Å². The predicted molar refractivity (Wildman–Crippen MR) is 78.6 cm³/mol. The van der Waals surface area contributed by atoms with Gasteiger partial charge in [0.15, 0.2) is 5.75 Å². The van der Waals surface area contributed by atoms with Crippen molar-refractivity contribution in [2.24, 2.45) is 0 Å². The van der Waals surface area contributed by atoms with Crippen LogP contribution in [-0.2, 0) is 13.1 Å². The van der Waals surface area contributed by atoms with E-state index in [1.54, 1.807) is 0 Å². The molecule has 0 aliphatic rings. The maximum atomic E-state index is 11.7. The SMILES string of the molecule is CCCN(CCC)Cc1c(O)c(=O)cc(C)n1CC. The molecule has 1 N–H and O–H groups in total. The third-order valence-corrected chi connectivity index (χ3v) is 3.37. The van der Waals surface area contributed by atoms with Crippen LogP contribution in [0, 0.1) is 6.92 Å². The maximum Gasteiger partial charge on any atom is 0.223 e. The van der Waals surface area contributed by atoms with Crippen molar-refractivity contribution in [2.75, 3.05) is 13.1 Å². The molecule has 4 nitrogen and oxygen atoms in total. The zero-order valence-electron chi connectivity index (χ0n) is 12.6. The summed E-state index contributed by atoms with van der Waals surface area (Å²) in [7, 11) is 0. The molecular formula is C15H26N2O2. The lowest BCUT2D eigenvalue weighted by molar-refractivity contribution is 0.253. The maximum absolute atomic E-state index is 11.7. The second kappa shape index (κ2) is 7.34. The second-order valence-corrected chi connectivity index (χ2v) is 4.97. The smallest absolute Gasteiger partial charge is 0.223 e. The van der Waals surface area contributed by atoms with E-state index in [2.05, 4.69) is 18.7 Å². The van der Waals surface area contributed by atoms with Gasteiger partial charge in [0.1, 0.15) is 0 Å². The van der Waals surface area contributed by atoms with Crippen LogP contribution in [0.2, 0.25) is 0 Å². The fraction of sp³-hybridized carbons (Fsp3) is 0.667. The molecule has 0 fully saturated rings. The van der Waals surface area contributed by atoms with Crippen LogP contribution < -0.4 is 5.43 Å². The van der Waals surface area contributed by atoms with Gasteiger partial charge in [-0.05, 0) is 39.8 Å². The molecule has 1 aromatic rings. The molecule has 0 unspecified atom stereocenters. The summed E-state index contributed by atoms with van der Waals surface area (Å²) in [4.78, 5) is 14.0. The first kappa shape index (κ1) is 15.8. The van der Waals surface area contributed by atoms with E-state index in [1.807, 2.05) is 18.4 Å². The first-order valence-corrected chi connectivity index (χ1v) is 7.19. The van der Waals surface area contributed by atoms with Crippen molar-refractivity contribution in [3.05, 3.63) is 27.7 Å². The average molecular weight is 266 g/mol. The van der Waals surface area contributed by atoms with Gasteiger partial charge in [0.2, 0.25) is 5.43 Å². The average Bonchev–Trinajstić information content (AvgIpc) is 2.36. The fourth-order valence-corrected chi connectivity index (χ4v) is 2.53. The topological polar surface area (TPSA) is 45.5 Å². The van der Waals surface area contributed by atoms with Crippen molar-refractivity contribution in [2.45, 2.75) is 53.6 Å². The first-order valence-electron chi connectivity index (χ1n) is 7.19. The minimum atomic E-state index is -0.273. The predicted octanol–water partition coefficient (Wildman–Crippen LogP) is 2.50. The molecule has 0 amide bonds. The normalized spacial score (nSPS) is 11.2. The molecule has 0 radical (unpaired) electrons. The lowest BCUT2D eigenvalue weighted by atomic mass is 10.2. The van der Waals surface area contributed by atoms with Crippen molar-refractivity contribution in [3.8, 4) is 5.75 Å². The molecule has 0 saturated carbocycles. The van der Waals surface area contributed by atoms with Gasteiger partial charge in [-0.15, -0.1) is 0 Å². The third kappa shape index (κ3) is 3.83. The summed E-state index contributed by atoms with van der Waals surface area (Å²) in [6, 6.07) is 1.51. The highest BCUT2D eigenvalue weighted by Crippen LogP contribution is 2.17. The summed E-state index contributed by atoms with van der Waals surface area (Å²) >= 11 is 0. The summed E-state index contributed by atoms with van der Waals surface area (Å²) < 4.78 is 2.02. The highest BCUT2D eigenvalue weighted by atomic mass is 16.3. The number of hydrogen-bond acceptors (Lipinski definition) is 3. The highest BCUT2D eigenvalue weighted by molar-refractivity contribution is 5.29. The van der Waals surface area contributed by atoms with Crippen molar-refractivity contribution in [1.82, 2.24) is 9.47 Å². The Kier molecular flexibility index (Phi) is 6.09. The van der Waals surface area contributed by atoms with Gasteiger partial charge in [-0.3, -0.25) is 9.69 Å². The molecule has 0 aliphatic carbocycles. The first-order chi connectivity index (χ1) is 9.04. The zero-order chi connectivity index (χ0) is 14.4. The third-order valence-electron chi connectivity index (χ3n) is 3.37. The Balaban J connectivity index is 3.13. The molecule has 0 aliphatic heterocycles. The monoisotopic (exact) mass is 266 g/mol. The Bertz CT molecular complexity index is 460. The zero-order valence-corrected chi connectivity index (χ0v) is 12.6. The number of hydrogen-bond donors (Lipinski definition) is 1. The van der Waals surface area contributed by atoms with E-state index >= 15 is 0 Å². The minimum Gasteiger partial charge on any atom is -0.503 e. The minimum absolute atomic E-state index is 0.0929. The van der Waals surface area contributed by atoms with Crippen LogP contribution >= 0.6 is 0 Å². The van der Waals surface area contributed by atoms with Crippen LogP contribution in [0.3, 0.4) is 0 Å². The van der Waals surface area contributed by atoms with Gasteiger partial charge in [0.05, 0.1) is 5.69 Å². The van der Waals surface area contributed by atoms with Gasteiger partial charge >= 0.3 is 0 Å². The van der Waals surface area contributed by atoms with Crippen LogP contribution in [0.25, 0.3) is 0 Å². The Hall–Kier alpha value is -1.29. The molecule has 0 spiro atoms. The van der Waals surface area contributed by atoms with E-state index in [1.165, 1.54) is 6.07 Å². The lowest BCUT2D eigenvalue weighted by Crippen LogP contribution is -2.28. The van der Waals surface area contributed by atoms with E-state index in [0.29, 0.717) is 6.54 Å². The van der Waals surface area contributed by atoms with Crippen molar-refractivity contribution >= 4 is 0 Å². The molecule has 0 bridgehead atoms. The number of pyridine rings is 1. The van der Waals surface area contributed by atoms with Gasteiger partial charge < -0.3 is 9.67 Å². The second-order valence-electron chi connectivity index (χ2n) is 4.97. The van der Waals surface area contributed by atoms with E-state index in [0.717, 1.165) is 43.9 Å². The van der Waals surface area contributed by atoms with E-state index in [4.69, 9.17) is 0 Å². The van der Waals surface area contributed by atoms with Crippen LogP contribution in [0.1, 0.15) is 45.0 Å². The van der Waals surface area contributed by atoms with Crippen LogP contribution in [0.4, 0.5) is 0 Å². The number of aryl methyl sites for hydroxylation is 1. The number of rotatable bonds is 7. The van der Waals surface area contributed by atoms with E-state index in [-0.39, 0.29) is 11.2 Å². The molecule has 1 aromatic heterocycles. The van der Waals surface area contributed by atoms with Crippen molar-refractivity contribution < 1.29 is 5.11 Å². The molecule has 1 heterocycles. The molecular weight excluding hydrogens is 240 g/mol. The Morgan fingerprint density at radius 2 is 1.79 bits per heavy atom. The van der Waals surface area contributed by atoms with Gasteiger partial charge in [-0.25, -0.2) is 0 Å². The summed E-state index contributed by atoms with van der Waals surface area (Å²) in [6.45, 7) is 11.6. The highest BCUT2D eigenvalue weighted by Gasteiger charge is 2.15. The van der Waals surface area contributed by atoms with Crippen LogP contribution in [0.5, 0.6) is 5.75 Å². The molecule has 1 rings (SSSR count). The summed E-state index contributed by atoms with van der Waals surface area (Å²) in [5.74, 6) is -0.0929. The quantitative estimate of drug-likeness (QED) is 0.824. The van der Waals surface area contributed by atoms with E-state index < -0.39 is 0 Å². The van der Waals surface area contributed by atoms with Gasteiger partial charge in [0.25, 0.3) is 0 Å². The standard InChI is InChI=1S/C15H26N2O2/c1-5-8-16(9-6-2)11-13-15(19)14(18)10-12(4)17(13)7-3/h10,19H,5-9,11H2,1-4H3. The largest absolute Gasteiger partial charge is 0.503 e. The Morgan fingerprint density at radius 1 is 1.21 bits per heavy atom. The number of nitrogens with zero attached hydrogens (tertiary/aromatic N) is 2. The van der Waals surface area contributed by atoms with Crippen molar-refractivity contribution in [3.63, 3.8) is 0 Å². The Labute approximate surface area is 115 Å². The summed E-state index contributed by atoms with van der Waals surface area (Å²) in [6.07, 6.45) is 2.14. The lowest BCUT2D eigenvalue weighted by Gasteiger charge is -2.24. The number of aromatic nitrogens is 1. The molecule has 19 heavy (non-hydrogen) atoms. The van der Waals surface area contributed by atoms with Gasteiger partial charge in [0, 0.05) is 24.8 Å². The van der Waals surface area contributed by atoms with E-state index in [9.17, 15) is 9.90 Å². The summed E-state index contributed by atoms with van der Waals surface area (Å²) in [5.41, 5.74) is 1.38. The van der Waals surface area contributed by atoms with Gasteiger partial charge in [-0.2, -0.15) is 0 Å². The molecule has 0 atom stereocenters. The summed E-state index contributed by atoms with van der Waals surface area (Å²) in [5, 5.41) is 10.1. The van der Waals surface area contributed by atoms with Crippen molar-refractivity contribution in [1.29, 1.82) is 0 Å². The Morgan fingerprint density at radius 3 is 2.26 bits per heavy atom. The number of aromatic hydroxyl groups is 1.